The molecule has 3 aromatic rings. The van der Waals surface area contributed by atoms with Crippen LogP contribution in [0.2, 0.25) is 0 Å². The molecule has 9 nitrogen and oxygen atoms in total. The van der Waals surface area contributed by atoms with Crippen LogP contribution in [-0.4, -0.2) is 44.5 Å². The first kappa shape index (κ1) is 16.4. The summed E-state index contributed by atoms with van der Waals surface area (Å²) in [6.45, 7) is 0.210. The predicted molar refractivity (Wildman–Crippen MR) is 84.7 cm³/mol. The van der Waals surface area contributed by atoms with Crippen LogP contribution < -0.4 is 15.6 Å². The highest BCUT2D eigenvalue weighted by molar-refractivity contribution is 5.93. The summed E-state index contributed by atoms with van der Waals surface area (Å²) in [5.41, 5.74) is 0.0772. The van der Waals surface area contributed by atoms with Crippen LogP contribution in [0.1, 0.15) is 10.4 Å². The number of rotatable bonds is 5. The van der Waals surface area contributed by atoms with Gasteiger partial charge in [0.05, 0.1) is 24.6 Å². The van der Waals surface area contributed by atoms with E-state index in [2.05, 4.69) is 25.6 Å². The second-order valence-electron chi connectivity index (χ2n) is 4.99. The maximum atomic E-state index is 13.3. The van der Waals surface area contributed by atoms with Crippen LogP contribution in [-0.2, 0) is 6.54 Å². The van der Waals surface area contributed by atoms with Crippen molar-refractivity contribution >= 4 is 16.8 Å². The summed E-state index contributed by atoms with van der Waals surface area (Å²) >= 11 is 0. The summed E-state index contributed by atoms with van der Waals surface area (Å²) < 4.78 is 19.1. The van der Waals surface area contributed by atoms with Crippen LogP contribution in [0.3, 0.4) is 0 Å². The van der Waals surface area contributed by atoms with E-state index in [-0.39, 0.29) is 30.0 Å². The lowest BCUT2D eigenvalue weighted by molar-refractivity contribution is 0.0950. The quantitative estimate of drug-likeness (QED) is 0.701. The van der Waals surface area contributed by atoms with Gasteiger partial charge in [0.15, 0.2) is 0 Å². The monoisotopic (exact) mass is 344 g/mol. The third-order valence-electron chi connectivity index (χ3n) is 3.37. The summed E-state index contributed by atoms with van der Waals surface area (Å²) in [7, 11) is 1.42. The molecule has 0 radical (unpaired) electrons. The van der Waals surface area contributed by atoms with Gasteiger partial charge < -0.3 is 10.1 Å². The second-order valence-corrected chi connectivity index (χ2v) is 4.99. The molecular weight excluding hydrogens is 331 g/mol. The van der Waals surface area contributed by atoms with Crippen LogP contribution in [0.25, 0.3) is 10.9 Å². The molecule has 1 amide bonds. The van der Waals surface area contributed by atoms with E-state index in [1.165, 1.54) is 31.6 Å². The molecule has 0 saturated heterocycles. The van der Waals surface area contributed by atoms with Crippen LogP contribution in [0.4, 0.5) is 4.39 Å². The van der Waals surface area contributed by atoms with Crippen molar-refractivity contribution in [2.45, 2.75) is 6.54 Å². The zero-order valence-electron chi connectivity index (χ0n) is 13.1. The number of benzene rings is 1. The number of halogens is 1. The van der Waals surface area contributed by atoms with Gasteiger partial charge in [0.2, 0.25) is 0 Å². The average molecular weight is 344 g/mol. The Morgan fingerprint density at radius 2 is 2.08 bits per heavy atom. The lowest BCUT2D eigenvalue weighted by Gasteiger charge is -2.07. The standard InChI is InChI=1S/C15H13FN6O3/c1-25-15-18-7-9(8-19-15)13(23)17-4-5-22-14(24)11-6-10(16)2-3-12(11)20-21-22/h2-3,6-8H,4-5H2,1H3,(H,17,23). The van der Waals surface area contributed by atoms with Gasteiger partial charge in [-0.2, -0.15) is 0 Å². The molecule has 2 heterocycles. The Balaban J connectivity index is 1.67. The van der Waals surface area contributed by atoms with Gasteiger partial charge in [-0.1, -0.05) is 5.21 Å². The predicted octanol–water partition coefficient (Wildman–Crippen LogP) is 0.159. The van der Waals surface area contributed by atoms with Crippen LogP contribution in [0.5, 0.6) is 6.01 Å². The fourth-order valence-corrected chi connectivity index (χ4v) is 2.11. The number of hydrogen-bond acceptors (Lipinski definition) is 7. The summed E-state index contributed by atoms with van der Waals surface area (Å²) in [5, 5.41) is 10.4. The maximum Gasteiger partial charge on any atom is 0.316 e. The molecular formula is C15H13FN6O3. The smallest absolute Gasteiger partial charge is 0.316 e. The molecule has 2 aromatic heterocycles. The Kier molecular flexibility index (Phi) is 4.59. The van der Waals surface area contributed by atoms with Gasteiger partial charge in [0.1, 0.15) is 11.3 Å². The largest absolute Gasteiger partial charge is 0.467 e. The number of carbonyl (C=O) groups is 1. The van der Waals surface area contributed by atoms with E-state index in [4.69, 9.17) is 4.74 Å². The third kappa shape index (κ3) is 3.57. The fraction of sp³-hybridized carbons (Fsp3) is 0.200. The molecule has 1 N–H and O–H groups in total. The molecule has 0 aliphatic carbocycles. The van der Waals surface area contributed by atoms with E-state index >= 15 is 0 Å². The van der Waals surface area contributed by atoms with Gasteiger partial charge in [0, 0.05) is 18.9 Å². The van der Waals surface area contributed by atoms with Crippen molar-refractivity contribution in [1.29, 1.82) is 0 Å². The third-order valence-corrected chi connectivity index (χ3v) is 3.37. The van der Waals surface area contributed by atoms with Crippen molar-refractivity contribution in [1.82, 2.24) is 30.3 Å². The van der Waals surface area contributed by atoms with Crippen molar-refractivity contribution in [3.05, 3.63) is 52.3 Å². The summed E-state index contributed by atoms with van der Waals surface area (Å²) in [6.07, 6.45) is 2.65. The normalized spacial score (nSPS) is 10.6. The number of hydrogen-bond donors (Lipinski definition) is 1. The summed E-state index contributed by atoms with van der Waals surface area (Å²) in [6, 6.07) is 3.85. The van der Waals surface area contributed by atoms with E-state index in [1.54, 1.807) is 0 Å². The minimum Gasteiger partial charge on any atom is -0.467 e. The molecule has 0 aliphatic heterocycles. The second kappa shape index (κ2) is 6.99. The number of aromatic nitrogens is 5. The Morgan fingerprint density at radius 1 is 1.32 bits per heavy atom. The van der Waals surface area contributed by atoms with Crippen LogP contribution in [0, 0.1) is 5.82 Å². The first-order valence-electron chi connectivity index (χ1n) is 7.26. The molecule has 0 fully saturated rings. The summed E-state index contributed by atoms with van der Waals surface area (Å²) in [5.74, 6) is -0.938. The Morgan fingerprint density at radius 3 is 2.80 bits per heavy atom. The van der Waals surface area contributed by atoms with Gasteiger partial charge in [-0.3, -0.25) is 9.59 Å². The molecule has 10 heteroatoms. The molecule has 0 bridgehead atoms. The SMILES string of the molecule is COc1ncc(C(=O)NCCn2nnc3ccc(F)cc3c2=O)cn1. The molecule has 0 aliphatic rings. The van der Waals surface area contributed by atoms with E-state index in [0.717, 1.165) is 10.7 Å². The van der Waals surface area contributed by atoms with Gasteiger partial charge in [-0.25, -0.2) is 19.0 Å². The van der Waals surface area contributed by atoms with Crippen molar-refractivity contribution in [3.63, 3.8) is 0 Å². The van der Waals surface area contributed by atoms with E-state index in [9.17, 15) is 14.0 Å². The molecule has 0 spiro atoms. The highest BCUT2D eigenvalue weighted by atomic mass is 19.1. The lowest BCUT2D eigenvalue weighted by Crippen LogP contribution is -2.32. The average Bonchev–Trinajstić information content (AvgIpc) is 2.64. The van der Waals surface area contributed by atoms with Gasteiger partial charge in [-0.15, -0.1) is 5.10 Å². The van der Waals surface area contributed by atoms with E-state index < -0.39 is 17.3 Å². The zero-order chi connectivity index (χ0) is 17.8. The number of fused-ring (bicyclic) bond motifs is 1. The van der Waals surface area contributed by atoms with E-state index in [1.807, 2.05) is 0 Å². The number of nitrogens with zero attached hydrogens (tertiary/aromatic N) is 5. The van der Waals surface area contributed by atoms with Crippen LogP contribution >= 0.6 is 0 Å². The van der Waals surface area contributed by atoms with Gasteiger partial charge in [-0.05, 0) is 18.2 Å². The number of carbonyl (C=O) groups excluding carboxylic acids is 1. The van der Waals surface area contributed by atoms with Crippen molar-refractivity contribution in [3.8, 4) is 6.01 Å². The molecule has 25 heavy (non-hydrogen) atoms. The van der Waals surface area contributed by atoms with Gasteiger partial charge in [0.25, 0.3) is 11.5 Å². The zero-order valence-corrected chi connectivity index (χ0v) is 13.1. The van der Waals surface area contributed by atoms with Crippen molar-refractivity contribution in [2.75, 3.05) is 13.7 Å². The molecule has 128 valence electrons. The first-order chi connectivity index (χ1) is 12.1. The number of amides is 1. The van der Waals surface area contributed by atoms with Crippen molar-refractivity contribution < 1.29 is 13.9 Å². The van der Waals surface area contributed by atoms with Gasteiger partial charge >= 0.3 is 6.01 Å². The number of methoxy groups -OCH3 is 1. The highest BCUT2D eigenvalue weighted by Gasteiger charge is 2.09. The Bertz CT molecular complexity index is 973. The van der Waals surface area contributed by atoms with E-state index in [0.29, 0.717) is 5.52 Å². The Labute approximate surface area is 140 Å². The Hall–Kier alpha value is -3.43. The number of nitrogens with one attached hydrogen (secondary N) is 1. The molecule has 1 aromatic carbocycles. The lowest BCUT2D eigenvalue weighted by atomic mass is 10.2. The first-order valence-corrected chi connectivity index (χ1v) is 7.26. The highest BCUT2D eigenvalue weighted by Crippen LogP contribution is 2.07. The topological polar surface area (TPSA) is 112 Å². The molecule has 0 unspecified atom stereocenters. The maximum absolute atomic E-state index is 13.3. The van der Waals surface area contributed by atoms with Crippen molar-refractivity contribution in [2.24, 2.45) is 0 Å². The molecule has 3 rings (SSSR count). The number of ether oxygens (including phenoxy) is 1. The summed E-state index contributed by atoms with van der Waals surface area (Å²) in [4.78, 5) is 31.9. The molecule has 0 atom stereocenters. The fourth-order valence-electron chi connectivity index (χ4n) is 2.11. The minimum absolute atomic E-state index is 0.0844. The molecule has 0 saturated carbocycles. The minimum atomic E-state index is -0.531. The van der Waals surface area contributed by atoms with Crippen LogP contribution in [0.15, 0.2) is 35.4 Å².